The molecule has 2 aromatic carbocycles. The predicted molar refractivity (Wildman–Crippen MR) is 128 cm³/mol. The normalized spacial score (nSPS) is 12.2. The minimum atomic E-state index is -3.85. The van der Waals surface area contributed by atoms with Crippen LogP contribution in [0.25, 0.3) is 0 Å². The number of nitrogens with zero attached hydrogens (tertiary/aromatic N) is 2. The van der Waals surface area contributed by atoms with Crippen LogP contribution < -0.4 is 9.62 Å². The van der Waals surface area contributed by atoms with Crippen molar-refractivity contribution in [2.75, 3.05) is 23.7 Å². The van der Waals surface area contributed by atoms with Gasteiger partial charge in [-0.15, -0.1) is 0 Å². The van der Waals surface area contributed by atoms with Gasteiger partial charge in [0.05, 0.1) is 11.9 Å². The SMILES string of the molecule is CCCNC(=O)C(C)N(Cc1ccccc1F)C(=O)CN(c1ccc(Cl)cc1C)S(C)(=O)=O. The highest BCUT2D eigenvalue weighted by atomic mass is 35.5. The van der Waals surface area contributed by atoms with Crippen molar-refractivity contribution >= 4 is 39.1 Å². The predicted octanol–water partition coefficient (Wildman–Crippen LogP) is 3.50. The average molecular weight is 498 g/mol. The Kier molecular flexibility index (Phi) is 9.25. The van der Waals surface area contributed by atoms with E-state index in [4.69, 9.17) is 11.6 Å². The van der Waals surface area contributed by atoms with Crippen molar-refractivity contribution < 1.29 is 22.4 Å². The minimum Gasteiger partial charge on any atom is -0.354 e. The molecule has 2 amide bonds. The first-order chi connectivity index (χ1) is 15.5. The third-order valence-electron chi connectivity index (χ3n) is 5.12. The van der Waals surface area contributed by atoms with E-state index >= 15 is 0 Å². The van der Waals surface area contributed by atoms with Gasteiger partial charge in [-0.25, -0.2) is 12.8 Å². The molecule has 0 heterocycles. The third-order valence-corrected chi connectivity index (χ3v) is 6.48. The second kappa shape index (κ2) is 11.5. The van der Waals surface area contributed by atoms with E-state index in [-0.39, 0.29) is 12.1 Å². The van der Waals surface area contributed by atoms with Crippen LogP contribution in [0, 0.1) is 12.7 Å². The second-order valence-corrected chi connectivity index (χ2v) is 10.1. The van der Waals surface area contributed by atoms with Gasteiger partial charge >= 0.3 is 0 Å². The van der Waals surface area contributed by atoms with Gasteiger partial charge in [-0.05, 0) is 50.1 Å². The van der Waals surface area contributed by atoms with Crippen molar-refractivity contribution in [3.8, 4) is 0 Å². The Morgan fingerprint density at radius 3 is 2.42 bits per heavy atom. The van der Waals surface area contributed by atoms with E-state index in [2.05, 4.69) is 5.32 Å². The second-order valence-electron chi connectivity index (χ2n) is 7.78. The van der Waals surface area contributed by atoms with E-state index in [1.807, 2.05) is 6.92 Å². The summed E-state index contributed by atoms with van der Waals surface area (Å²) in [7, 11) is -3.85. The zero-order chi connectivity index (χ0) is 24.8. The topological polar surface area (TPSA) is 86.8 Å². The lowest BCUT2D eigenvalue weighted by Gasteiger charge is -2.32. The van der Waals surface area contributed by atoms with Gasteiger partial charge < -0.3 is 10.2 Å². The fourth-order valence-electron chi connectivity index (χ4n) is 3.28. The van der Waals surface area contributed by atoms with E-state index in [1.165, 1.54) is 42.2 Å². The summed E-state index contributed by atoms with van der Waals surface area (Å²) in [6.45, 7) is 4.78. The van der Waals surface area contributed by atoms with Crippen molar-refractivity contribution in [1.29, 1.82) is 0 Å². The Hall–Kier alpha value is -2.65. The number of rotatable bonds is 10. The van der Waals surface area contributed by atoms with Gasteiger partial charge in [0.1, 0.15) is 18.4 Å². The van der Waals surface area contributed by atoms with Crippen LogP contribution in [0.1, 0.15) is 31.4 Å². The number of halogens is 2. The molecule has 180 valence electrons. The summed E-state index contributed by atoms with van der Waals surface area (Å²) < 4.78 is 40.4. The molecule has 0 saturated carbocycles. The number of amides is 2. The van der Waals surface area contributed by atoms with E-state index in [0.717, 1.165) is 10.6 Å². The van der Waals surface area contributed by atoms with Gasteiger partial charge in [0.2, 0.25) is 21.8 Å². The van der Waals surface area contributed by atoms with Crippen molar-refractivity contribution in [1.82, 2.24) is 10.2 Å². The number of hydrogen-bond donors (Lipinski definition) is 1. The van der Waals surface area contributed by atoms with Crippen molar-refractivity contribution in [3.63, 3.8) is 0 Å². The molecule has 1 N–H and O–H groups in total. The molecule has 2 aromatic rings. The van der Waals surface area contributed by atoms with Crippen LogP contribution in [-0.4, -0.2) is 50.5 Å². The Balaban J connectivity index is 2.42. The quantitative estimate of drug-likeness (QED) is 0.544. The monoisotopic (exact) mass is 497 g/mol. The number of anilines is 1. The molecule has 1 unspecified atom stereocenters. The molecule has 0 aliphatic heterocycles. The summed E-state index contributed by atoms with van der Waals surface area (Å²) in [5.74, 6) is -1.57. The fraction of sp³-hybridized carbons (Fsp3) is 0.391. The van der Waals surface area contributed by atoms with Gasteiger partial charge in [-0.3, -0.25) is 13.9 Å². The highest BCUT2D eigenvalue weighted by Gasteiger charge is 2.30. The number of carbonyl (C=O) groups is 2. The maximum atomic E-state index is 14.3. The molecule has 0 spiro atoms. The smallest absolute Gasteiger partial charge is 0.244 e. The molecule has 33 heavy (non-hydrogen) atoms. The number of carbonyl (C=O) groups excluding carboxylic acids is 2. The van der Waals surface area contributed by atoms with E-state index < -0.39 is 40.2 Å². The van der Waals surface area contributed by atoms with Crippen molar-refractivity contribution in [2.45, 2.75) is 39.8 Å². The molecule has 0 aromatic heterocycles. The summed E-state index contributed by atoms with van der Waals surface area (Å²) in [6, 6.07) is 9.63. The van der Waals surface area contributed by atoms with Crippen molar-refractivity contribution in [3.05, 3.63) is 64.4 Å². The molecule has 0 bridgehead atoms. The van der Waals surface area contributed by atoms with Gasteiger partial charge in [0.25, 0.3) is 0 Å². The molecule has 0 aliphatic carbocycles. The molecule has 0 saturated heterocycles. The molecular formula is C23H29ClFN3O4S. The Bertz CT molecular complexity index is 1110. The molecule has 10 heteroatoms. The fourth-order valence-corrected chi connectivity index (χ4v) is 4.42. The van der Waals surface area contributed by atoms with E-state index in [1.54, 1.807) is 19.1 Å². The molecule has 0 radical (unpaired) electrons. The number of nitrogens with one attached hydrogen (secondary N) is 1. The average Bonchev–Trinajstić information content (AvgIpc) is 2.74. The van der Waals surface area contributed by atoms with Crippen LogP contribution in [0.15, 0.2) is 42.5 Å². The number of benzene rings is 2. The number of sulfonamides is 1. The van der Waals surface area contributed by atoms with Crippen LogP contribution in [-0.2, 0) is 26.2 Å². The molecule has 0 fully saturated rings. The first kappa shape index (κ1) is 26.6. The Morgan fingerprint density at radius 1 is 1.18 bits per heavy atom. The lowest BCUT2D eigenvalue weighted by atomic mass is 10.1. The number of hydrogen-bond acceptors (Lipinski definition) is 4. The summed E-state index contributed by atoms with van der Waals surface area (Å²) in [4.78, 5) is 27.2. The molecule has 0 aliphatic rings. The Labute approximate surface area is 199 Å². The lowest BCUT2D eigenvalue weighted by molar-refractivity contribution is -0.139. The number of aryl methyl sites for hydroxylation is 1. The first-order valence-electron chi connectivity index (χ1n) is 10.5. The first-order valence-corrected chi connectivity index (χ1v) is 12.7. The highest BCUT2D eigenvalue weighted by molar-refractivity contribution is 7.92. The van der Waals surface area contributed by atoms with Crippen LogP contribution in [0.4, 0.5) is 10.1 Å². The Morgan fingerprint density at radius 2 is 1.85 bits per heavy atom. The van der Waals surface area contributed by atoms with E-state index in [0.29, 0.717) is 29.2 Å². The lowest BCUT2D eigenvalue weighted by Crippen LogP contribution is -2.51. The molecule has 7 nitrogen and oxygen atoms in total. The van der Waals surface area contributed by atoms with Gasteiger partial charge in [-0.2, -0.15) is 0 Å². The highest BCUT2D eigenvalue weighted by Crippen LogP contribution is 2.26. The van der Waals surface area contributed by atoms with Crippen LogP contribution >= 0.6 is 11.6 Å². The van der Waals surface area contributed by atoms with Gasteiger partial charge in [0, 0.05) is 23.7 Å². The summed E-state index contributed by atoms with van der Waals surface area (Å²) in [5, 5.41) is 3.15. The molecule has 2 rings (SSSR count). The summed E-state index contributed by atoms with van der Waals surface area (Å²) >= 11 is 5.99. The summed E-state index contributed by atoms with van der Waals surface area (Å²) in [6.07, 6.45) is 1.70. The minimum absolute atomic E-state index is 0.191. The standard InChI is InChI=1S/C23H29ClFN3O4S/c1-5-12-26-23(30)17(3)27(14-18-8-6-7-9-20(18)25)22(29)15-28(33(4,31)32)21-11-10-19(24)13-16(21)2/h6-11,13,17H,5,12,14-15H2,1-4H3,(H,26,30). The van der Waals surface area contributed by atoms with Crippen LogP contribution in [0.3, 0.4) is 0 Å². The molecule has 1 atom stereocenters. The molecular weight excluding hydrogens is 469 g/mol. The van der Waals surface area contributed by atoms with Crippen molar-refractivity contribution in [2.24, 2.45) is 0 Å². The maximum Gasteiger partial charge on any atom is 0.244 e. The summed E-state index contributed by atoms with van der Waals surface area (Å²) in [5.41, 5.74) is 1.08. The zero-order valence-corrected chi connectivity index (χ0v) is 20.7. The largest absolute Gasteiger partial charge is 0.354 e. The van der Waals surface area contributed by atoms with Gasteiger partial charge in [-0.1, -0.05) is 36.7 Å². The van der Waals surface area contributed by atoms with Gasteiger partial charge in [0.15, 0.2) is 0 Å². The maximum absolute atomic E-state index is 14.3. The third kappa shape index (κ3) is 7.17. The van der Waals surface area contributed by atoms with Crippen LogP contribution in [0.2, 0.25) is 5.02 Å². The van der Waals surface area contributed by atoms with E-state index in [9.17, 15) is 22.4 Å². The van der Waals surface area contributed by atoms with Crippen LogP contribution in [0.5, 0.6) is 0 Å². The zero-order valence-electron chi connectivity index (χ0n) is 19.1.